The van der Waals surface area contributed by atoms with Crippen LogP contribution in [0.25, 0.3) is 0 Å². The van der Waals surface area contributed by atoms with E-state index in [-0.39, 0.29) is 5.82 Å². The van der Waals surface area contributed by atoms with Gasteiger partial charge in [0.05, 0.1) is 6.54 Å². The summed E-state index contributed by atoms with van der Waals surface area (Å²) in [5.41, 5.74) is 0.908. The fraction of sp³-hybridized carbons (Fsp3) is 0.250. The van der Waals surface area contributed by atoms with Crippen LogP contribution >= 0.6 is 15.9 Å². The van der Waals surface area contributed by atoms with Gasteiger partial charge in [-0.3, -0.25) is 0 Å². The molecule has 0 radical (unpaired) electrons. The van der Waals surface area contributed by atoms with Gasteiger partial charge in [-0.15, -0.1) is 0 Å². The summed E-state index contributed by atoms with van der Waals surface area (Å²) in [7, 11) is 1.95. The number of nitrogens with zero attached hydrogens (tertiary/aromatic N) is 2. The van der Waals surface area contributed by atoms with Crippen LogP contribution in [0.4, 0.5) is 4.39 Å². The predicted molar refractivity (Wildman–Crippen MR) is 67.9 cm³/mol. The molecule has 1 N–H and O–H groups in total. The normalized spacial score (nSPS) is 10.8. The molecule has 1 aromatic carbocycles. The number of hydrogen-bond acceptors (Lipinski definition) is 2. The standard InChI is InChI=1S/C12H13BrFN3/c1-17-3-2-16-12(17)8-15-7-9-4-10(13)6-11(14)5-9/h2-6,15H,7-8H2,1H3. The van der Waals surface area contributed by atoms with Crippen molar-refractivity contribution in [1.82, 2.24) is 14.9 Å². The summed E-state index contributed by atoms with van der Waals surface area (Å²) in [4.78, 5) is 4.20. The average molecular weight is 298 g/mol. The van der Waals surface area contributed by atoms with E-state index in [1.165, 1.54) is 12.1 Å². The van der Waals surface area contributed by atoms with Gasteiger partial charge in [-0.1, -0.05) is 15.9 Å². The van der Waals surface area contributed by atoms with Crippen molar-refractivity contribution >= 4 is 15.9 Å². The quantitative estimate of drug-likeness (QED) is 0.940. The monoisotopic (exact) mass is 297 g/mol. The number of halogens is 2. The lowest BCUT2D eigenvalue weighted by molar-refractivity contribution is 0.612. The lowest BCUT2D eigenvalue weighted by atomic mass is 10.2. The average Bonchev–Trinajstić information content (AvgIpc) is 2.63. The minimum absolute atomic E-state index is 0.229. The molecule has 2 aromatic rings. The molecule has 5 heteroatoms. The summed E-state index contributed by atoms with van der Waals surface area (Å²) in [6.45, 7) is 1.28. The Kier molecular flexibility index (Phi) is 3.91. The lowest BCUT2D eigenvalue weighted by Gasteiger charge is -2.06. The highest BCUT2D eigenvalue weighted by molar-refractivity contribution is 9.10. The van der Waals surface area contributed by atoms with E-state index in [9.17, 15) is 4.39 Å². The second kappa shape index (κ2) is 5.42. The van der Waals surface area contributed by atoms with Crippen LogP contribution < -0.4 is 5.32 Å². The van der Waals surface area contributed by atoms with E-state index in [2.05, 4.69) is 26.2 Å². The molecule has 0 unspecified atom stereocenters. The third-order valence-corrected chi connectivity index (χ3v) is 2.91. The molecule has 2 rings (SSSR count). The Labute approximate surface area is 108 Å². The van der Waals surface area contributed by atoms with Gasteiger partial charge in [0.1, 0.15) is 11.6 Å². The minimum Gasteiger partial charge on any atom is -0.337 e. The Bertz CT molecular complexity index is 490. The Morgan fingerprint density at radius 2 is 2.18 bits per heavy atom. The summed E-state index contributed by atoms with van der Waals surface area (Å²) in [6, 6.07) is 4.87. The topological polar surface area (TPSA) is 29.9 Å². The number of aromatic nitrogens is 2. The molecule has 0 saturated heterocycles. The first-order chi connectivity index (χ1) is 8.15. The molecule has 1 aromatic heterocycles. The molecule has 0 bridgehead atoms. The van der Waals surface area contributed by atoms with Crippen LogP contribution in [0.1, 0.15) is 11.4 Å². The van der Waals surface area contributed by atoms with Crippen LogP contribution in [0.5, 0.6) is 0 Å². The maximum Gasteiger partial charge on any atom is 0.124 e. The second-order valence-electron chi connectivity index (χ2n) is 3.84. The largest absolute Gasteiger partial charge is 0.337 e. The SMILES string of the molecule is Cn1ccnc1CNCc1cc(F)cc(Br)c1. The molecule has 0 aliphatic heterocycles. The van der Waals surface area contributed by atoms with E-state index in [0.717, 1.165) is 15.9 Å². The van der Waals surface area contributed by atoms with Gasteiger partial charge >= 0.3 is 0 Å². The third-order valence-electron chi connectivity index (χ3n) is 2.46. The lowest BCUT2D eigenvalue weighted by Crippen LogP contribution is -2.15. The van der Waals surface area contributed by atoms with E-state index < -0.39 is 0 Å². The maximum absolute atomic E-state index is 13.1. The molecule has 0 spiro atoms. The molecule has 90 valence electrons. The molecule has 0 aliphatic carbocycles. The van der Waals surface area contributed by atoms with Crippen molar-refractivity contribution in [2.45, 2.75) is 13.1 Å². The molecule has 0 atom stereocenters. The Hall–Kier alpha value is -1.20. The summed E-state index contributed by atoms with van der Waals surface area (Å²) in [6.07, 6.45) is 3.66. The number of imidazole rings is 1. The van der Waals surface area contributed by atoms with E-state index in [1.54, 1.807) is 6.20 Å². The molecular formula is C12H13BrFN3. The van der Waals surface area contributed by atoms with Gasteiger partial charge in [-0.2, -0.15) is 0 Å². The molecule has 0 saturated carbocycles. The van der Waals surface area contributed by atoms with Crippen LogP contribution in [0.3, 0.4) is 0 Å². The molecule has 17 heavy (non-hydrogen) atoms. The van der Waals surface area contributed by atoms with E-state index in [0.29, 0.717) is 13.1 Å². The van der Waals surface area contributed by atoms with Crippen molar-refractivity contribution in [3.63, 3.8) is 0 Å². The van der Waals surface area contributed by atoms with Crippen LogP contribution in [0.15, 0.2) is 35.1 Å². The first kappa shape index (κ1) is 12.3. The zero-order valence-corrected chi connectivity index (χ0v) is 11.0. The third kappa shape index (κ3) is 3.38. The maximum atomic E-state index is 13.1. The second-order valence-corrected chi connectivity index (χ2v) is 4.75. The van der Waals surface area contributed by atoms with Crippen LogP contribution in [0.2, 0.25) is 0 Å². The van der Waals surface area contributed by atoms with E-state index in [1.807, 2.05) is 23.9 Å². The van der Waals surface area contributed by atoms with E-state index >= 15 is 0 Å². The zero-order valence-electron chi connectivity index (χ0n) is 9.45. The predicted octanol–water partition coefficient (Wildman–Crippen LogP) is 2.61. The van der Waals surface area contributed by atoms with Crippen molar-refractivity contribution < 1.29 is 4.39 Å². The first-order valence-electron chi connectivity index (χ1n) is 5.27. The van der Waals surface area contributed by atoms with Crippen molar-refractivity contribution in [1.29, 1.82) is 0 Å². The summed E-state index contributed by atoms with van der Waals surface area (Å²) in [5.74, 6) is 0.730. The molecule has 3 nitrogen and oxygen atoms in total. The van der Waals surface area contributed by atoms with Crippen molar-refractivity contribution in [2.24, 2.45) is 7.05 Å². The van der Waals surface area contributed by atoms with Gasteiger partial charge in [0.15, 0.2) is 0 Å². The highest BCUT2D eigenvalue weighted by Gasteiger charge is 2.01. The fourth-order valence-corrected chi connectivity index (χ4v) is 2.11. The molecule has 0 aliphatic rings. The number of rotatable bonds is 4. The minimum atomic E-state index is -0.229. The molecule has 1 heterocycles. The Morgan fingerprint density at radius 1 is 1.35 bits per heavy atom. The van der Waals surface area contributed by atoms with Crippen molar-refractivity contribution in [2.75, 3.05) is 0 Å². The summed E-state index contributed by atoms with van der Waals surface area (Å²) < 4.78 is 15.8. The Morgan fingerprint density at radius 3 is 2.82 bits per heavy atom. The number of hydrogen-bond donors (Lipinski definition) is 1. The van der Waals surface area contributed by atoms with Crippen LogP contribution in [-0.2, 0) is 20.1 Å². The number of aryl methyl sites for hydroxylation is 1. The molecule has 0 fully saturated rings. The number of benzene rings is 1. The summed E-state index contributed by atoms with van der Waals surface area (Å²) >= 11 is 3.27. The van der Waals surface area contributed by atoms with Gasteiger partial charge in [0.25, 0.3) is 0 Å². The van der Waals surface area contributed by atoms with Gasteiger partial charge in [0.2, 0.25) is 0 Å². The first-order valence-corrected chi connectivity index (χ1v) is 6.06. The fourth-order valence-electron chi connectivity index (χ4n) is 1.60. The van der Waals surface area contributed by atoms with E-state index in [4.69, 9.17) is 0 Å². The number of nitrogens with one attached hydrogen (secondary N) is 1. The van der Waals surface area contributed by atoms with Crippen molar-refractivity contribution in [3.05, 3.63) is 52.3 Å². The van der Waals surface area contributed by atoms with Gasteiger partial charge in [-0.05, 0) is 23.8 Å². The smallest absolute Gasteiger partial charge is 0.124 e. The highest BCUT2D eigenvalue weighted by Crippen LogP contribution is 2.14. The van der Waals surface area contributed by atoms with Gasteiger partial charge in [0, 0.05) is 30.5 Å². The molecular weight excluding hydrogens is 285 g/mol. The van der Waals surface area contributed by atoms with Crippen molar-refractivity contribution in [3.8, 4) is 0 Å². The van der Waals surface area contributed by atoms with Crippen LogP contribution in [0, 0.1) is 5.82 Å². The summed E-state index contributed by atoms with van der Waals surface area (Å²) in [5, 5.41) is 3.23. The van der Waals surface area contributed by atoms with Gasteiger partial charge < -0.3 is 9.88 Å². The molecule has 0 amide bonds. The Balaban J connectivity index is 1.92. The zero-order chi connectivity index (χ0) is 12.3. The highest BCUT2D eigenvalue weighted by atomic mass is 79.9. The van der Waals surface area contributed by atoms with Crippen LogP contribution in [-0.4, -0.2) is 9.55 Å². The van der Waals surface area contributed by atoms with Gasteiger partial charge in [-0.25, -0.2) is 9.37 Å².